The van der Waals surface area contributed by atoms with E-state index in [4.69, 9.17) is 34.4 Å². The molecule has 1 saturated heterocycles. The molecule has 8 amide bonds. The molecule has 1 aromatic carbocycles. The summed E-state index contributed by atoms with van der Waals surface area (Å²) in [7, 11) is 0. The molecule has 64 heavy (non-hydrogen) atoms. The number of hydrogen-bond acceptors (Lipinski definition) is 14. The van der Waals surface area contributed by atoms with Gasteiger partial charge in [-0.05, 0) is 83.1 Å². The van der Waals surface area contributed by atoms with Crippen LogP contribution in [0.3, 0.4) is 0 Å². The van der Waals surface area contributed by atoms with E-state index >= 15 is 0 Å². The van der Waals surface area contributed by atoms with Crippen molar-refractivity contribution in [2.75, 3.05) is 32.7 Å². The first-order valence-corrected chi connectivity index (χ1v) is 21.4. The molecule has 24 heteroatoms. The second-order valence-corrected chi connectivity index (χ2v) is 15.9. The van der Waals surface area contributed by atoms with Crippen LogP contribution in [0.15, 0.2) is 35.3 Å². The number of benzene rings is 1. The molecule has 1 aliphatic heterocycles. The van der Waals surface area contributed by atoms with Gasteiger partial charge in [0.2, 0.25) is 47.3 Å². The average Bonchev–Trinajstić information content (AvgIpc) is 3.23. The van der Waals surface area contributed by atoms with Gasteiger partial charge in [-0.25, -0.2) is 4.99 Å². The Morgan fingerprint density at radius 1 is 0.672 bits per heavy atom. The summed E-state index contributed by atoms with van der Waals surface area (Å²) in [5.74, 6) is -7.31. The van der Waals surface area contributed by atoms with Gasteiger partial charge in [0, 0.05) is 13.0 Å². The van der Waals surface area contributed by atoms with Gasteiger partial charge in [-0.1, -0.05) is 44.2 Å². The summed E-state index contributed by atoms with van der Waals surface area (Å²) >= 11 is 0. The minimum absolute atomic E-state index is 0.0162. The molecule has 0 unspecified atom stereocenters. The molecule has 0 spiro atoms. The monoisotopic (exact) mass is 904 g/mol. The largest absolute Gasteiger partial charge is 0.391 e. The van der Waals surface area contributed by atoms with Crippen LogP contribution in [0.25, 0.3) is 0 Å². The van der Waals surface area contributed by atoms with E-state index in [-0.39, 0.29) is 83.6 Å². The zero-order valence-corrected chi connectivity index (χ0v) is 36.8. The van der Waals surface area contributed by atoms with Crippen LogP contribution in [0.5, 0.6) is 0 Å². The fourth-order valence-electron chi connectivity index (χ4n) is 6.67. The van der Waals surface area contributed by atoms with E-state index < -0.39 is 108 Å². The lowest BCUT2D eigenvalue weighted by atomic mass is 10.00. The minimum atomic E-state index is -1.59. The van der Waals surface area contributed by atoms with Crippen LogP contribution in [0.1, 0.15) is 64.9 Å². The molecule has 358 valence electrons. The molecule has 0 aliphatic carbocycles. The fourth-order valence-corrected chi connectivity index (χ4v) is 6.67. The molecular weight excluding hydrogens is 835 g/mol. The first kappa shape index (κ1) is 54.2. The van der Waals surface area contributed by atoms with Crippen LogP contribution in [-0.4, -0.2) is 145 Å². The van der Waals surface area contributed by atoms with Crippen LogP contribution in [0.2, 0.25) is 0 Å². The molecule has 1 aromatic rings. The molecule has 2 rings (SSSR count). The topological polar surface area (TPSA) is 422 Å². The number of guanidine groups is 1. The number of aliphatic imine (C=N–C) groups is 1. The van der Waals surface area contributed by atoms with Crippen molar-refractivity contribution in [3.8, 4) is 0 Å². The normalized spacial score (nSPS) is 24.6. The molecule has 0 aromatic heterocycles. The Hall–Kier alpha value is -5.95. The summed E-state index contributed by atoms with van der Waals surface area (Å²) in [4.78, 5) is 114. The van der Waals surface area contributed by atoms with Crippen molar-refractivity contribution in [2.45, 2.75) is 120 Å². The van der Waals surface area contributed by atoms with Crippen molar-refractivity contribution in [2.24, 2.45) is 45.3 Å². The summed E-state index contributed by atoms with van der Waals surface area (Å²) < 4.78 is 0. The van der Waals surface area contributed by atoms with Crippen molar-refractivity contribution < 1.29 is 43.5 Å². The van der Waals surface area contributed by atoms with Crippen LogP contribution in [0, 0.1) is 5.92 Å². The third-order valence-electron chi connectivity index (χ3n) is 10.00. The number of nitrogens with one attached hydrogen (secondary N) is 8. The number of carbonyl (C=O) groups is 8. The molecule has 0 bridgehead atoms. The number of aliphatic hydroxyl groups is 1. The predicted octanol–water partition coefficient (Wildman–Crippen LogP) is -6.39. The first-order valence-electron chi connectivity index (χ1n) is 21.4. The van der Waals surface area contributed by atoms with Crippen LogP contribution < -0.4 is 76.9 Å². The van der Waals surface area contributed by atoms with E-state index in [1.165, 1.54) is 6.92 Å². The minimum Gasteiger partial charge on any atom is -0.391 e. The van der Waals surface area contributed by atoms with E-state index in [0.717, 1.165) is 0 Å². The van der Waals surface area contributed by atoms with Crippen molar-refractivity contribution in [3.05, 3.63) is 35.9 Å². The van der Waals surface area contributed by atoms with Crippen molar-refractivity contribution >= 4 is 53.2 Å². The highest BCUT2D eigenvalue weighted by molar-refractivity contribution is 5.98. The van der Waals surface area contributed by atoms with Crippen molar-refractivity contribution in [1.82, 2.24) is 42.5 Å². The van der Waals surface area contributed by atoms with Gasteiger partial charge in [-0.3, -0.25) is 38.4 Å². The van der Waals surface area contributed by atoms with E-state index in [1.54, 1.807) is 30.3 Å². The molecule has 0 radical (unpaired) electrons. The molecule has 1 fully saturated rings. The standard InChI is InChI=1S/C40H69N15O9/c1-21(2)19-29-37(62)50-24(9-14-41)32(57)49-26(11-16-43)36(61)55-31(22(3)56)39(64)47-18-13-28(51-34(59)27(12-17-44)54-40(45)46)35(60)48-25(10-15-42)33(58)53-30(38(63)52-29)20-23-7-5-4-6-8-23/h4-8,21-22,24-31,56H,9-20,41-44H2,1-3H3,(H,47,64)(H,48,60)(H,49,57)(H,50,62)(H,51,59)(H,52,63)(H,53,58)(H,55,61)(H4,45,46,54)/t22-,24+,25+,26+,27+,28+,29+,30-,31+/m1/s1. The van der Waals surface area contributed by atoms with Crippen molar-refractivity contribution in [3.63, 3.8) is 0 Å². The van der Waals surface area contributed by atoms with Gasteiger partial charge in [0.15, 0.2) is 5.96 Å². The molecule has 1 aliphatic rings. The lowest BCUT2D eigenvalue weighted by Gasteiger charge is -2.28. The second kappa shape index (κ2) is 28.0. The van der Waals surface area contributed by atoms with Gasteiger partial charge < -0.3 is 82.0 Å². The Labute approximate surface area is 372 Å². The Kier molecular flexibility index (Phi) is 23.7. The molecule has 0 saturated carbocycles. The highest BCUT2D eigenvalue weighted by Crippen LogP contribution is 2.11. The summed E-state index contributed by atoms with van der Waals surface area (Å²) in [6.07, 6.45) is -2.13. The molecular formula is C40H69N15O9. The maximum absolute atomic E-state index is 14.2. The van der Waals surface area contributed by atoms with Crippen molar-refractivity contribution in [1.29, 1.82) is 0 Å². The van der Waals surface area contributed by atoms with Gasteiger partial charge in [0.05, 0.1) is 6.10 Å². The zero-order chi connectivity index (χ0) is 47.9. The van der Waals surface area contributed by atoms with Crippen LogP contribution >= 0.6 is 0 Å². The lowest BCUT2D eigenvalue weighted by molar-refractivity contribution is -0.136. The third kappa shape index (κ3) is 18.4. The van der Waals surface area contributed by atoms with Crippen LogP contribution in [-0.2, 0) is 44.8 Å². The smallest absolute Gasteiger partial charge is 0.245 e. The quantitative estimate of drug-likeness (QED) is 0.0542. The number of carbonyl (C=O) groups excluding carboxylic acids is 8. The molecule has 1 heterocycles. The number of nitrogens with zero attached hydrogens (tertiary/aromatic N) is 1. The first-order chi connectivity index (χ1) is 30.3. The van der Waals surface area contributed by atoms with E-state index in [0.29, 0.717) is 5.56 Å². The molecule has 21 N–H and O–H groups in total. The van der Waals surface area contributed by atoms with Crippen LogP contribution in [0.4, 0.5) is 0 Å². The molecule has 9 atom stereocenters. The van der Waals surface area contributed by atoms with E-state index in [2.05, 4.69) is 47.5 Å². The number of amides is 8. The van der Waals surface area contributed by atoms with E-state index in [1.807, 2.05) is 13.8 Å². The highest BCUT2D eigenvalue weighted by Gasteiger charge is 2.35. The number of hydrogen-bond donors (Lipinski definition) is 15. The number of nitrogens with two attached hydrogens (primary N) is 6. The predicted molar refractivity (Wildman–Crippen MR) is 237 cm³/mol. The second-order valence-electron chi connectivity index (χ2n) is 15.9. The average molecular weight is 904 g/mol. The number of rotatable bonds is 16. The zero-order valence-electron chi connectivity index (χ0n) is 36.8. The highest BCUT2D eigenvalue weighted by atomic mass is 16.3. The van der Waals surface area contributed by atoms with Gasteiger partial charge >= 0.3 is 0 Å². The number of aliphatic hydroxyl groups excluding tert-OH is 1. The summed E-state index contributed by atoms with van der Waals surface area (Å²) in [5, 5.41) is 31.2. The van der Waals surface area contributed by atoms with Gasteiger partial charge in [-0.2, -0.15) is 0 Å². The maximum Gasteiger partial charge on any atom is 0.245 e. The Balaban J connectivity index is 2.73. The van der Waals surface area contributed by atoms with E-state index in [9.17, 15) is 43.5 Å². The lowest BCUT2D eigenvalue weighted by Crippen LogP contribution is -2.61. The SMILES string of the molecule is CC(C)C[C@@H]1NC(=O)[C@@H](Cc2ccccc2)NC(=O)[C@H](CCN)NC(=O)[C@@H](NC(=O)[C@H](CCN)N=C(N)N)CCNC(=O)[C@H]([C@@H](C)O)NC(=O)[C@H](CCN)NC(=O)[C@H](CCN)NC1=O. The summed E-state index contributed by atoms with van der Waals surface area (Å²) in [6.45, 7) is 4.21. The maximum atomic E-state index is 14.2. The Morgan fingerprint density at radius 2 is 1.14 bits per heavy atom. The summed E-state index contributed by atoms with van der Waals surface area (Å²) in [6, 6.07) is -2.19. The summed E-state index contributed by atoms with van der Waals surface area (Å²) in [5.41, 5.74) is 34.8. The molecule has 24 nitrogen and oxygen atoms in total. The Bertz CT molecular complexity index is 1750. The fraction of sp³-hybridized carbons (Fsp3) is 0.625. The van der Waals surface area contributed by atoms with Gasteiger partial charge in [0.1, 0.15) is 48.3 Å². The third-order valence-corrected chi connectivity index (χ3v) is 10.00. The van der Waals surface area contributed by atoms with Gasteiger partial charge in [-0.15, -0.1) is 0 Å². The van der Waals surface area contributed by atoms with Gasteiger partial charge in [0.25, 0.3) is 0 Å². The Morgan fingerprint density at radius 3 is 1.62 bits per heavy atom.